The van der Waals surface area contributed by atoms with Crippen LogP contribution in [-0.4, -0.2) is 30.6 Å². The van der Waals surface area contributed by atoms with E-state index >= 15 is 0 Å². The van der Waals surface area contributed by atoms with E-state index in [1.165, 1.54) is 11.1 Å². The fourth-order valence-corrected chi connectivity index (χ4v) is 5.37. The molecule has 3 aromatic carbocycles. The number of hydrogen-bond acceptors (Lipinski definition) is 4. The van der Waals surface area contributed by atoms with E-state index in [1.807, 2.05) is 67.1 Å². The standard InChI is InChI=1S/C33H32N6O/c1-19-10-15-26(18-20(19)2)39-33-31(23(5)38-39)21(3)27(22(4)34-33)16-17-30(40)35-25-13-11-24(12-14-25)32-36-28-8-6-7-9-29(28)37-32/h6-15,18H,16-17H2,1-5H3,(H,35,40)(H,36,37). The van der Waals surface area contributed by atoms with Gasteiger partial charge in [-0.1, -0.05) is 18.2 Å². The summed E-state index contributed by atoms with van der Waals surface area (Å²) in [6, 6.07) is 22.1. The molecule has 2 N–H and O–H groups in total. The monoisotopic (exact) mass is 528 g/mol. The van der Waals surface area contributed by atoms with Crippen molar-refractivity contribution in [1.82, 2.24) is 24.7 Å². The second-order valence-electron chi connectivity index (χ2n) is 10.5. The number of nitrogens with zero attached hydrogens (tertiary/aromatic N) is 4. The average molecular weight is 529 g/mol. The minimum Gasteiger partial charge on any atom is -0.338 e. The molecule has 6 aromatic rings. The largest absolute Gasteiger partial charge is 0.338 e. The van der Waals surface area contributed by atoms with E-state index in [1.54, 1.807) is 0 Å². The predicted octanol–water partition coefficient (Wildman–Crippen LogP) is 7.08. The predicted molar refractivity (Wildman–Crippen MR) is 161 cm³/mol. The lowest BCUT2D eigenvalue weighted by molar-refractivity contribution is -0.116. The summed E-state index contributed by atoms with van der Waals surface area (Å²) in [5, 5.41) is 8.92. The van der Waals surface area contributed by atoms with Crippen LogP contribution in [0.15, 0.2) is 66.7 Å². The van der Waals surface area contributed by atoms with Gasteiger partial charge in [-0.3, -0.25) is 4.79 Å². The Morgan fingerprint density at radius 2 is 1.65 bits per heavy atom. The molecule has 0 unspecified atom stereocenters. The molecule has 0 aliphatic heterocycles. The normalized spacial score (nSPS) is 11.4. The molecule has 6 rings (SSSR count). The Bertz CT molecular complexity index is 1860. The highest BCUT2D eigenvalue weighted by atomic mass is 16.1. The number of pyridine rings is 1. The molecule has 40 heavy (non-hydrogen) atoms. The van der Waals surface area contributed by atoms with E-state index in [2.05, 4.69) is 54.3 Å². The van der Waals surface area contributed by atoms with Crippen LogP contribution in [-0.2, 0) is 11.2 Å². The first kappa shape index (κ1) is 25.5. The van der Waals surface area contributed by atoms with Gasteiger partial charge in [0.1, 0.15) is 5.82 Å². The van der Waals surface area contributed by atoms with Crippen molar-refractivity contribution in [2.75, 3.05) is 5.32 Å². The first-order valence-electron chi connectivity index (χ1n) is 13.6. The molecule has 1 amide bonds. The van der Waals surface area contributed by atoms with Gasteiger partial charge in [0.15, 0.2) is 5.65 Å². The zero-order chi connectivity index (χ0) is 28.0. The molecule has 0 aliphatic rings. The fourth-order valence-electron chi connectivity index (χ4n) is 5.37. The Morgan fingerprint density at radius 3 is 2.40 bits per heavy atom. The summed E-state index contributed by atoms with van der Waals surface area (Å²) in [4.78, 5) is 25.8. The summed E-state index contributed by atoms with van der Waals surface area (Å²) in [6.45, 7) is 10.4. The van der Waals surface area contributed by atoms with E-state index in [-0.39, 0.29) is 5.91 Å². The maximum absolute atomic E-state index is 12.9. The van der Waals surface area contributed by atoms with Crippen molar-refractivity contribution in [2.45, 2.75) is 47.5 Å². The van der Waals surface area contributed by atoms with Gasteiger partial charge in [0.25, 0.3) is 0 Å². The van der Waals surface area contributed by atoms with Crippen LogP contribution in [0.5, 0.6) is 0 Å². The Kier molecular flexibility index (Phi) is 6.42. The van der Waals surface area contributed by atoms with E-state index in [4.69, 9.17) is 10.1 Å². The number of para-hydroxylation sites is 2. The van der Waals surface area contributed by atoms with Gasteiger partial charge in [-0.05, 0) is 112 Å². The number of amides is 1. The van der Waals surface area contributed by atoms with Crippen molar-refractivity contribution < 1.29 is 4.79 Å². The number of hydrogen-bond donors (Lipinski definition) is 2. The van der Waals surface area contributed by atoms with Crippen molar-refractivity contribution >= 4 is 33.7 Å². The average Bonchev–Trinajstić information content (AvgIpc) is 3.51. The van der Waals surface area contributed by atoms with Crippen LogP contribution in [0.2, 0.25) is 0 Å². The summed E-state index contributed by atoms with van der Waals surface area (Å²) in [6.07, 6.45) is 0.975. The Labute approximate surface area is 233 Å². The molecule has 0 saturated heterocycles. The number of imidazole rings is 1. The topological polar surface area (TPSA) is 88.5 Å². The first-order valence-corrected chi connectivity index (χ1v) is 13.6. The van der Waals surface area contributed by atoms with Gasteiger partial charge in [0.2, 0.25) is 5.91 Å². The van der Waals surface area contributed by atoms with Crippen LogP contribution in [0.1, 0.15) is 40.1 Å². The third-order valence-electron chi connectivity index (χ3n) is 7.74. The third-order valence-corrected chi connectivity index (χ3v) is 7.74. The summed E-state index contributed by atoms with van der Waals surface area (Å²) < 4.78 is 1.93. The molecule has 3 heterocycles. The van der Waals surface area contributed by atoms with Gasteiger partial charge < -0.3 is 10.3 Å². The maximum Gasteiger partial charge on any atom is 0.224 e. The van der Waals surface area contributed by atoms with Crippen LogP contribution in [0.25, 0.3) is 39.1 Å². The second-order valence-corrected chi connectivity index (χ2v) is 10.5. The molecule has 7 nitrogen and oxygen atoms in total. The van der Waals surface area contributed by atoms with Crippen LogP contribution in [0, 0.1) is 34.6 Å². The van der Waals surface area contributed by atoms with Gasteiger partial charge in [-0.2, -0.15) is 5.10 Å². The molecule has 200 valence electrons. The minimum absolute atomic E-state index is 0.0297. The van der Waals surface area contributed by atoms with Gasteiger partial charge in [0.05, 0.1) is 22.4 Å². The number of carbonyl (C=O) groups excluding carboxylic acids is 1. The summed E-state index contributed by atoms with van der Waals surface area (Å²) in [5.41, 5.74) is 12.1. The van der Waals surface area contributed by atoms with Crippen molar-refractivity contribution in [3.05, 3.63) is 100 Å². The Hall–Kier alpha value is -4.78. The number of anilines is 1. The van der Waals surface area contributed by atoms with E-state index < -0.39 is 0 Å². The molecular weight excluding hydrogens is 496 g/mol. The van der Waals surface area contributed by atoms with Crippen molar-refractivity contribution in [3.63, 3.8) is 0 Å². The highest BCUT2D eigenvalue weighted by Crippen LogP contribution is 2.29. The summed E-state index contributed by atoms with van der Waals surface area (Å²) in [5.74, 6) is 0.780. The number of aromatic nitrogens is 5. The quantitative estimate of drug-likeness (QED) is 0.242. The number of nitrogens with one attached hydrogen (secondary N) is 2. The van der Waals surface area contributed by atoms with Gasteiger partial charge in [0, 0.05) is 28.8 Å². The Morgan fingerprint density at radius 1 is 0.875 bits per heavy atom. The Balaban J connectivity index is 1.17. The van der Waals surface area contributed by atoms with Crippen molar-refractivity contribution in [2.24, 2.45) is 0 Å². The number of aromatic amines is 1. The lowest BCUT2D eigenvalue weighted by atomic mass is 9.99. The molecule has 0 aliphatic carbocycles. The SMILES string of the molecule is Cc1ccc(-n2nc(C)c3c(C)c(CCC(=O)Nc4ccc(-c5nc6ccccc6[nH]5)cc4)c(C)nc32)cc1C. The number of H-pyrrole nitrogens is 1. The zero-order valence-corrected chi connectivity index (χ0v) is 23.5. The maximum atomic E-state index is 12.9. The highest BCUT2D eigenvalue weighted by Gasteiger charge is 2.18. The molecule has 0 fully saturated rings. The fraction of sp³-hybridized carbons (Fsp3) is 0.212. The smallest absolute Gasteiger partial charge is 0.224 e. The highest BCUT2D eigenvalue weighted by molar-refractivity contribution is 5.91. The lowest BCUT2D eigenvalue weighted by Gasteiger charge is -2.12. The van der Waals surface area contributed by atoms with Crippen LogP contribution < -0.4 is 5.32 Å². The number of rotatable bonds is 6. The molecule has 0 spiro atoms. The second kappa shape index (κ2) is 10.1. The molecule has 0 saturated carbocycles. The van der Waals surface area contributed by atoms with Gasteiger partial charge in [-0.25, -0.2) is 14.6 Å². The van der Waals surface area contributed by atoms with Gasteiger partial charge in [-0.15, -0.1) is 0 Å². The van der Waals surface area contributed by atoms with Crippen LogP contribution in [0.3, 0.4) is 0 Å². The van der Waals surface area contributed by atoms with E-state index in [9.17, 15) is 4.79 Å². The number of benzene rings is 3. The number of fused-ring (bicyclic) bond motifs is 2. The molecule has 0 atom stereocenters. The summed E-state index contributed by atoms with van der Waals surface area (Å²) in [7, 11) is 0. The zero-order valence-electron chi connectivity index (χ0n) is 23.5. The van der Waals surface area contributed by atoms with Crippen molar-refractivity contribution in [1.29, 1.82) is 0 Å². The molecule has 0 bridgehead atoms. The molecular formula is C33H32N6O. The third kappa shape index (κ3) is 4.64. The van der Waals surface area contributed by atoms with E-state index in [0.29, 0.717) is 12.8 Å². The van der Waals surface area contributed by atoms with Crippen LogP contribution >= 0.6 is 0 Å². The lowest BCUT2D eigenvalue weighted by Crippen LogP contribution is -2.13. The number of aryl methyl sites for hydroxylation is 5. The summed E-state index contributed by atoms with van der Waals surface area (Å²) >= 11 is 0. The number of carbonyl (C=O) groups is 1. The van der Waals surface area contributed by atoms with E-state index in [0.717, 1.165) is 67.3 Å². The molecule has 3 aromatic heterocycles. The minimum atomic E-state index is -0.0297. The first-order chi connectivity index (χ1) is 19.3. The molecule has 0 radical (unpaired) electrons. The van der Waals surface area contributed by atoms with Crippen molar-refractivity contribution in [3.8, 4) is 17.1 Å². The van der Waals surface area contributed by atoms with Gasteiger partial charge >= 0.3 is 0 Å². The molecule has 7 heteroatoms. The van der Waals surface area contributed by atoms with Crippen LogP contribution in [0.4, 0.5) is 5.69 Å².